The van der Waals surface area contributed by atoms with Crippen LogP contribution >= 0.6 is 11.6 Å². The van der Waals surface area contributed by atoms with E-state index in [1.54, 1.807) is 0 Å². The number of nitrogens with zero attached hydrogens (tertiary/aromatic N) is 2. The molecule has 1 saturated carbocycles. The van der Waals surface area contributed by atoms with E-state index in [9.17, 15) is 8.78 Å². The summed E-state index contributed by atoms with van der Waals surface area (Å²) < 4.78 is 28.4. The van der Waals surface area contributed by atoms with Gasteiger partial charge >= 0.3 is 0 Å². The first-order valence-corrected chi connectivity index (χ1v) is 14.0. The summed E-state index contributed by atoms with van der Waals surface area (Å²) in [6.45, 7) is 2.70. The Bertz CT molecular complexity index is 1610. The molecule has 2 aromatic carbocycles. The Morgan fingerprint density at radius 2 is 1.87 bits per heavy atom. The number of pyridine rings is 1. The molecule has 2 atom stereocenters. The van der Waals surface area contributed by atoms with E-state index in [0.717, 1.165) is 34.5 Å². The van der Waals surface area contributed by atoms with Gasteiger partial charge in [-0.1, -0.05) is 55.4 Å². The first kappa shape index (κ1) is 26.0. The highest BCUT2D eigenvalue weighted by atomic mass is 35.5. The van der Waals surface area contributed by atoms with E-state index in [-0.39, 0.29) is 10.6 Å². The standard InChI is InChI=1S/C31H30BClF2N4/c1-3-22-12-20(15-32(22)24-6-4-5-7-29(24)36-2)21-11-19-10-18(8-9-28(19)37-16-21)30-31(39-17-38-30)23-13-25(33)27(35)14-26(23)34/h8-17,24,29,36H,3-7H2,1-2H3,(H,38,39)/t24-,29?/m1/s1. The van der Waals surface area contributed by atoms with Gasteiger partial charge in [-0.15, -0.1) is 5.98 Å². The third-order valence-corrected chi connectivity index (χ3v) is 8.68. The quantitative estimate of drug-likeness (QED) is 0.191. The van der Waals surface area contributed by atoms with Gasteiger partial charge in [0.25, 0.3) is 0 Å². The average Bonchev–Trinajstić information content (AvgIpc) is 3.62. The zero-order valence-electron chi connectivity index (χ0n) is 22.1. The third-order valence-electron chi connectivity index (χ3n) is 8.39. The molecule has 6 rings (SSSR count). The molecular weight excluding hydrogens is 513 g/mol. The molecule has 3 heterocycles. The van der Waals surface area contributed by atoms with Crippen LogP contribution < -0.4 is 5.32 Å². The number of imidazole rings is 1. The molecule has 0 amide bonds. The second-order valence-corrected chi connectivity index (χ2v) is 11.0. The number of allylic oxidation sites excluding steroid dienone is 3. The predicted octanol–water partition coefficient (Wildman–Crippen LogP) is 8.06. The van der Waals surface area contributed by atoms with Crippen molar-refractivity contribution in [2.75, 3.05) is 7.05 Å². The Kier molecular flexibility index (Phi) is 7.13. The van der Waals surface area contributed by atoms with E-state index in [1.807, 2.05) is 24.4 Å². The van der Waals surface area contributed by atoms with Crippen LogP contribution in [-0.2, 0) is 0 Å². The van der Waals surface area contributed by atoms with Crippen LogP contribution in [0.2, 0.25) is 10.8 Å². The Hall–Kier alpha value is -3.29. The molecule has 0 radical (unpaired) electrons. The number of benzene rings is 2. The summed E-state index contributed by atoms with van der Waals surface area (Å²) in [5.74, 6) is 1.56. The van der Waals surface area contributed by atoms with Crippen LogP contribution in [0, 0.1) is 11.6 Å². The zero-order chi connectivity index (χ0) is 27.1. The summed E-state index contributed by atoms with van der Waals surface area (Å²) in [4.78, 5) is 12.2. The SMILES string of the molecule is CCC1=CC(c2cnc3ccc(-c4nc[nH]c4-c4cc(Cl)c(F)cc4F)cc3c2)=CB1[C@@H]1CCCCC1NC. The molecule has 0 spiro atoms. The number of nitrogens with one attached hydrogen (secondary N) is 2. The van der Waals surface area contributed by atoms with Crippen LogP contribution in [-0.4, -0.2) is 34.8 Å². The van der Waals surface area contributed by atoms with Crippen molar-refractivity contribution >= 4 is 34.8 Å². The largest absolute Gasteiger partial charge is 0.344 e. The number of hydrogen-bond donors (Lipinski definition) is 2. The number of fused-ring (bicyclic) bond motifs is 1. The topological polar surface area (TPSA) is 53.6 Å². The lowest BCUT2D eigenvalue weighted by Crippen LogP contribution is -2.40. The maximum absolute atomic E-state index is 14.7. The average molecular weight is 543 g/mol. The molecule has 0 saturated heterocycles. The Labute approximate surface area is 232 Å². The number of rotatable bonds is 6. The molecule has 2 N–H and O–H groups in total. The van der Waals surface area contributed by atoms with Gasteiger partial charge in [0.05, 0.1) is 28.3 Å². The minimum absolute atomic E-state index is 0.142. The molecular formula is C31H30BClF2N4. The molecule has 2 aromatic heterocycles. The molecule has 1 aliphatic heterocycles. The van der Waals surface area contributed by atoms with Crippen molar-refractivity contribution in [1.29, 1.82) is 0 Å². The molecule has 1 aliphatic carbocycles. The molecule has 1 unspecified atom stereocenters. The number of aromatic amines is 1. The second-order valence-electron chi connectivity index (χ2n) is 10.6. The monoisotopic (exact) mass is 542 g/mol. The van der Waals surface area contributed by atoms with Gasteiger partial charge < -0.3 is 10.3 Å². The normalized spacial score (nSPS) is 19.5. The highest BCUT2D eigenvalue weighted by molar-refractivity contribution is 6.76. The van der Waals surface area contributed by atoms with Crippen molar-refractivity contribution in [2.45, 2.75) is 50.9 Å². The lowest BCUT2D eigenvalue weighted by molar-refractivity contribution is 0.390. The maximum atomic E-state index is 14.7. The summed E-state index contributed by atoms with van der Waals surface area (Å²) in [7, 11) is 2.09. The minimum Gasteiger partial charge on any atom is -0.344 e. The first-order chi connectivity index (χ1) is 19.0. The van der Waals surface area contributed by atoms with E-state index in [1.165, 1.54) is 49.1 Å². The first-order valence-electron chi connectivity index (χ1n) is 13.6. The van der Waals surface area contributed by atoms with Crippen molar-refractivity contribution < 1.29 is 8.78 Å². The van der Waals surface area contributed by atoms with Crippen molar-refractivity contribution in [3.63, 3.8) is 0 Å². The van der Waals surface area contributed by atoms with Gasteiger partial charge in [-0.25, -0.2) is 13.8 Å². The molecule has 8 heteroatoms. The van der Waals surface area contributed by atoms with E-state index < -0.39 is 11.6 Å². The van der Waals surface area contributed by atoms with E-state index >= 15 is 0 Å². The predicted molar refractivity (Wildman–Crippen MR) is 157 cm³/mol. The second kappa shape index (κ2) is 10.7. The fourth-order valence-electron chi connectivity index (χ4n) is 6.38. The zero-order valence-corrected chi connectivity index (χ0v) is 22.8. The van der Waals surface area contributed by atoms with Crippen LogP contribution in [0.4, 0.5) is 8.78 Å². The highest BCUT2D eigenvalue weighted by Crippen LogP contribution is 2.41. The Balaban J connectivity index is 1.36. The molecule has 2 aliphatic rings. The van der Waals surface area contributed by atoms with Crippen LogP contribution in [0.1, 0.15) is 44.6 Å². The van der Waals surface area contributed by atoms with Gasteiger partial charge in [-0.2, -0.15) is 0 Å². The Morgan fingerprint density at radius 3 is 2.69 bits per heavy atom. The molecule has 39 heavy (non-hydrogen) atoms. The van der Waals surface area contributed by atoms with E-state index in [4.69, 9.17) is 16.6 Å². The summed E-state index contributed by atoms with van der Waals surface area (Å²) in [5.41, 5.74) is 6.65. The molecule has 4 nitrogen and oxygen atoms in total. The lowest BCUT2D eigenvalue weighted by Gasteiger charge is -2.34. The van der Waals surface area contributed by atoms with Gasteiger partial charge in [0.2, 0.25) is 6.71 Å². The molecule has 198 valence electrons. The van der Waals surface area contributed by atoms with Crippen LogP contribution in [0.25, 0.3) is 39.0 Å². The van der Waals surface area contributed by atoms with Gasteiger partial charge in [-0.05, 0) is 61.1 Å². The maximum Gasteiger partial charge on any atom is 0.201 e. The van der Waals surface area contributed by atoms with Gasteiger partial charge in [0.1, 0.15) is 11.6 Å². The molecule has 0 bridgehead atoms. The number of hydrogen-bond acceptors (Lipinski definition) is 3. The number of H-pyrrole nitrogens is 1. The van der Waals surface area contributed by atoms with Crippen molar-refractivity contribution in [3.05, 3.63) is 88.7 Å². The molecule has 1 fully saturated rings. The van der Waals surface area contributed by atoms with Gasteiger partial charge in [0.15, 0.2) is 0 Å². The highest BCUT2D eigenvalue weighted by Gasteiger charge is 2.36. The van der Waals surface area contributed by atoms with E-state index in [0.29, 0.717) is 30.0 Å². The number of halogens is 3. The minimum atomic E-state index is -0.794. The molecule has 4 aromatic rings. The van der Waals surface area contributed by atoms with Crippen molar-refractivity contribution in [1.82, 2.24) is 20.3 Å². The third kappa shape index (κ3) is 4.83. The number of aromatic nitrogens is 3. The summed E-state index contributed by atoms with van der Waals surface area (Å²) >= 11 is 5.96. The smallest absolute Gasteiger partial charge is 0.201 e. The van der Waals surface area contributed by atoms with Crippen LogP contribution in [0.3, 0.4) is 0 Å². The summed E-state index contributed by atoms with van der Waals surface area (Å²) in [6, 6.07) is 10.7. The van der Waals surface area contributed by atoms with Crippen molar-refractivity contribution in [3.8, 4) is 22.5 Å². The van der Waals surface area contributed by atoms with Crippen LogP contribution in [0.5, 0.6) is 0 Å². The van der Waals surface area contributed by atoms with Gasteiger partial charge in [-0.3, -0.25) is 4.98 Å². The lowest BCUT2D eigenvalue weighted by atomic mass is 9.34. The fraction of sp³-hybridized carbons (Fsp3) is 0.290. The Morgan fingerprint density at radius 1 is 1.05 bits per heavy atom. The van der Waals surface area contributed by atoms with Gasteiger partial charge in [0, 0.05) is 34.8 Å². The van der Waals surface area contributed by atoms with Crippen molar-refractivity contribution in [2.24, 2.45) is 0 Å². The van der Waals surface area contributed by atoms with E-state index in [2.05, 4.69) is 47.4 Å². The summed E-state index contributed by atoms with van der Waals surface area (Å²) in [6.07, 6.45) is 11.9. The van der Waals surface area contributed by atoms with Crippen LogP contribution in [0.15, 0.2) is 66.4 Å². The fourth-order valence-corrected chi connectivity index (χ4v) is 6.54. The summed E-state index contributed by atoms with van der Waals surface area (Å²) in [5, 5.41) is 4.40.